The van der Waals surface area contributed by atoms with Gasteiger partial charge >= 0.3 is 5.97 Å². The number of rotatable bonds is 3. The molecule has 0 spiro atoms. The molecule has 5 nitrogen and oxygen atoms in total. The predicted molar refractivity (Wildman–Crippen MR) is 76.9 cm³/mol. The summed E-state index contributed by atoms with van der Waals surface area (Å²) in [5, 5.41) is 11.4. The van der Waals surface area contributed by atoms with Crippen molar-refractivity contribution in [3.05, 3.63) is 58.9 Å². The van der Waals surface area contributed by atoms with Crippen molar-refractivity contribution in [3.63, 3.8) is 0 Å². The van der Waals surface area contributed by atoms with E-state index in [1.807, 2.05) is 0 Å². The third-order valence-corrected chi connectivity index (χ3v) is 3.08. The topological polar surface area (TPSA) is 92.4 Å². The van der Waals surface area contributed by atoms with E-state index in [2.05, 4.69) is 5.32 Å². The van der Waals surface area contributed by atoms with Crippen molar-refractivity contribution in [2.75, 3.05) is 11.1 Å². The molecule has 2 aromatic carbocycles. The van der Waals surface area contributed by atoms with Crippen LogP contribution in [0.2, 0.25) is 0 Å². The van der Waals surface area contributed by atoms with Gasteiger partial charge in [0.1, 0.15) is 5.82 Å². The van der Waals surface area contributed by atoms with E-state index >= 15 is 0 Å². The molecule has 0 fully saturated rings. The fraction of sp³-hybridized carbons (Fsp3) is 0.0667. The zero-order valence-electron chi connectivity index (χ0n) is 11.2. The largest absolute Gasteiger partial charge is 0.478 e. The number of amides is 1. The van der Waals surface area contributed by atoms with Gasteiger partial charge in [-0.1, -0.05) is 6.07 Å². The molecule has 21 heavy (non-hydrogen) atoms. The minimum Gasteiger partial charge on any atom is -0.478 e. The summed E-state index contributed by atoms with van der Waals surface area (Å²) in [5.41, 5.74) is 6.75. The monoisotopic (exact) mass is 288 g/mol. The lowest BCUT2D eigenvalue weighted by molar-refractivity contribution is 0.0698. The van der Waals surface area contributed by atoms with Gasteiger partial charge in [0.25, 0.3) is 5.91 Å². The van der Waals surface area contributed by atoms with E-state index < -0.39 is 17.7 Å². The number of benzene rings is 2. The van der Waals surface area contributed by atoms with Gasteiger partial charge in [-0.2, -0.15) is 0 Å². The second-order valence-electron chi connectivity index (χ2n) is 4.47. The van der Waals surface area contributed by atoms with Crippen LogP contribution in [-0.4, -0.2) is 17.0 Å². The molecule has 0 aliphatic carbocycles. The molecule has 4 N–H and O–H groups in total. The molecule has 0 aromatic heterocycles. The lowest BCUT2D eigenvalue weighted by atomic mass is 10.1. The summed E-state index contributed by atoms with van der Waals surface area (Å²) in [6, 6.07) is 7.89. The SMILES string of the molecule is Cc1c(N)cccc1C(=O)Nc1cc(F)ccc1C(=O)O. The second kappa shape index (κ2) is 5.62. The molecule has 0 radical (unpaired) electrons. The van der Waals surface area contributed by atoms with Crippen LogP contribution in [0.4, 0.5) is 15.8 Å². The van der Waals surface area contributed by atoms with E-state index in [0.29, 0.717) is 16.8 Å². The van der Waals surface area contributed by atoms with E-state index in [-0.39, 0.29) is 11.3 Å². The van der Waals surface area contributed by atoms with Gasteiger partial charge in [0.2, 0.25) is 0 Å². The summed E-state index contributed by atoms with van der Waals surface area (Å²) >= 11 is 0. The number of carbonyl (C=O) groups is 2. The molecular formula is C15H13FN2O3. The number of carbonyl (C=O) groups excluding carboxylic acids is 1. The Bertz CT molecular complexity index is 729. The van der Waals surface area contributed by atoms with Crippen LogP contribution < -0.4 is 11.1 Å². The van der Waals surface area contributed by atoms with Gasteiger partial charge in [-0.05, 0) is 42.8 Å². The Balaban J connectivity index is 2.38. The maximum Gasteiger partial charge on any atom is 0.337 e. The molecule has 0 aliphatic heterocycles. The van der Waals surface area contributed by atoms with Gasteiger partial charge < -0.3 is 16.2 Å². The second-order valence-corrected chi connectivity index (χ2v) is 4.47. The van der Waals surface area contributed by atoms with Crippen molar-refractivity contribution in [2.24, 2.45) is 0 Å². The predicted octanol–water partition coefficient (Wildman–Crippen LogP) is 2.67. The van der Waals surface area contributed by atoms with Crippen LogP contribution in [0.5, 0.6) is 0 Å². The summed E-state index contributed by atoms with van der Waals surface area (Å²) < 4.78 is 13.2. The average Bonchev–Trinajstić information content (AvgIpc) is 2.41. The molecule has 2 rings (SSSR count). The zero-order chi connectivity index (χ0) is 15.6. The molecule has 0 bridgehead atoms. The van der Waals surface area contributed by atoms with Gasteiger partial charge in [-0.25, -0.2) is 9.18 Å². The molecule has 0 heterocycles. The van der Waals surface area contributed by atoms with Gasteiger partial charge in [0, 0.05) is 11.3 Å². The van der Waals surface area contributed by atoms with Crippen LogP contribution in [0.15, 0.2) is 36.4 Å². The number of aromatic carboxylic acids is 1. The molecule has 6 heteroatoms. The summed E-state index contributed by atoms with van der Waals surface area (Å²) in [6.45, 7) is 1.67. The zero-order valence-corrected chi connectivity index (χ0v) is 11.2. The molecule has 0 atom stereocenters. The van der Waals surface area contributed by atoms with E-state index in [1.165, 1.54) is 0 Å². The van der Waals surface area contributed by atoms with Gasteiger partial charge in [0.05, 0.1) is 11.3 Å². The number of hydrogen-bond acceptors (Lipinski definition) is 3. The third kappa shape index (κ3) is 3.00. The number of hydrogen-bond donors (Lipinski definition) is 3. The minimum absolute atomic E-state index is 0.102. The Hall–Kier alpha value is -2.89. The van der Waals surface area contributed by atoms with Crippen LogP contribution in [-0.2, 0) is 0 Å². The van der Waals surface area contributed by atoms with Crippen molar-refractivity contribution in [3.8, 4) is 0 Å². The van der Waals surface area contributed by atoms with Gasteiger partial charge in [-0.3, -0.25) is 4.79 Å². The van der Waals surface area contributed by atoms with E-state index in [9.17, 15) is 14.0 Å². The number of anilines is 2. The molecule has 0 aliphatic rings. The smallest absolute Gasteiger partial charge is 0.337 e. The van der Waals surface area contributed by atoms with E-state index in [4.69, 9.17) is 10.8 Å². The standard InChI is InChI=1S/C15H13FN2O3/c1-8-10(3-2-4-12(8)17)14(19)18-13-7-9(16)5-6-11(13)15(20)21/h2-7H,17H2,1H3,(H,18,19)(H,20,21). The highest BCUT2D eigenvalue weighted by molar-refractivity contribution is 6.09. The maximum atomic E-state index is 13.2. The summed E-state index contributed by atoms with van der Waals surface area (Å²) in [4.78, 5) is 23.3. The fourth-order valence-electron chi connectivity index (χ4n) is 1.90. The molecule has 1 amide bonds. The normalized spacial score (nSPS) is 10.2. The van der Waals surface area contributed by atoms with Crippen LogP contribution in [0, 0.1) is 12.7 Å². The van der Waals surface area contributed by atoms with E-state index in [1.54, 1.807) is 25.1 Å². The first-order valence-corrected chi connectivity index (χ1v) is 6.09. The Morgan fingerprint density at radius 1 is 1.19 bits per heavy atom. The third-order valence-electron chi connectivity index (χ3n) is 3.08. The Morgan fingerprint density at radius 3 is 2.57 bits per heavy atom. The summed E-state index contributed by atoms with van der Waals surface area (Å²) in [6.07, 6.45) is 0. The summed E-state index contributed by atoms with van der Waals surface area (Å²) in [7, 11) is 0. The molecule has 0 unspecified atom stereocenters. The fourth-order valence-corrected chi connectivity index (χ4v) is 1.90. The van der Waals surface area contributed by atoms with E-state index in [0.717, 1.165) is 18.2 Å². The quantitative estimate of drug-likeness (QED) is 0.757. The number of nitrogens with one attached hydrogen (secondary N) is 1. The number of nitrogen functional groups attached to an aromatic ring is 1. The van der Waals surface area contributed by atoms with Crippen LogP contribution in [0.25, 0.3) is 0 Å². The van der Waals surface area contributed by atoms with Crippen LogP contribution in [0.3, 0.4) is 0 Å². The first kappa shape index (κ1) is 14.5. The van der Waals surface area contributed by atoms with Crippen molar-refractivity contribution in [1.82, 2.24) is 0 Å². The maximum absolute atomic E-state index is 13.2. The first-order valence-electron chi connectivity index (χ1n) is 6.09. The highest BCUT2D eigenvalue weighted by Crippen LogP contribution is 2.21. The molecule has 2 aromatic rings. The van der Waals surface area contributed by atoms with Gasteiger partial charge in [-0.15, -0.1) is 0 Å². The van der Waals surface area contributed by atoms with Crippen LogP contribution >= 0.6 is 0 Å². The molecule has 108 valence electrons. The summed E-state index contributed by atoms with van der Waals surface area (Å²) in [5.74, 6) is -2.44. The Labute approximate surface area is 120 Å². The molecular weight excluding hydrogens is 275 g/mol. The molecule has 0 saturated carbocycles. The molecule has 0 saturated heterocycles. The van der Waals surface area contributed by atoms with Crippen molar-refractivity contribution in [1.29, 1.82) is 0 Å². The van der Waals surface area contributed by atoms with Crippen molar-refractivity contribution in [2.45, 2.75) is 6.92 Å². The van der Waals surface area contributed by atoms with Gasteiger partial charge in [0.15, 0.2) is 0 Å². The van der Waals surface area contributed by atoms with Crippen molar-refractivity contribution >= 4 is 23.3 Å². The lowest BCUT2D eigenvalue weighted by Crippen LogP contribution is -2.16. The number of carboxylic acid groups (broad SMARTS) is 1. The number of carboxylic acids is 1. The average molecular weight is 288 g/mol. The highest BCUT2D eigenvalue weighted by Gasteiger charge is 2.16. The van der Waals surface area contributed by atoms with Crippen LogP contribution in [0.1, 0.15) is 26.3 Å². The Morgan fingerprint density at radius 2 is 1.90 bits per heavy atom. The Kier molecular flexibility index (Phi) is 3.89. The number of nitrogens with two attached hydrogens (primary N) is 1. The lowest BCUT2D eigenvalue weighted by Gasteiger charge is -2.11. The number of halogens is 1. The minimum atomic E-state index is -1.26. The first-order chi connectivity index (χ1) is 9.90. The highest BCUT2D eigenvalue weighted by atomic mass is 19.1. The van der Waals surface area contributed by atoms with Crippen molar-refractivity contribution < 1.29 is 19.1 Å².